The minimum Gasteiger partial charge on any atom is -0.350 e. The zero-order chi connectivity index (χ0) is 12.4. The highest BCUT2D eigenvalue weighted by atomic mass is 15.3. The van der Waals surface area contributed by atoms with Gasteiger partial charge in [-0.25, -0.2) is 0 Å². The van der Waals surface area contributed by atoms with E-state index in [0.717, 1.165) is 36.6 Å². The highest BCUT2D eigenvalue weighted by molar-refractivity contribution is 5.58. The second-order valence-corrected chi connectivity index (χ2v) is 4.48. The van der Waals surface area contributed by atoms with Gasteiger partial charge in [0.15, 0.2) is 5.82 Å². The lowest BCUT2D eigenvalue weighted by atomic mass is 10.1. The summed E-state index contributed by atoms with van der Waals surface area (Å²) in [5.74, 6) is 0.725. The number of aryl methyl sites for hydroxylation is 1. The number of rotatable bonds is 1. The molecule has 88 valence electrons. The van der Waals surface area contributed by atoms with Crippen molar-refractivity contribution < 1.29 is 0 Å². The molecule has 1 aromatic heterocycles. The first-order chi connectivity index (χ1) is 8.13. The number of anilines is 1. The average Bonchev–Trinajstić information content (AvgIpc) is 2.32. The number of hydrogen-bond donors (Lipinski definition) is 0. The third-order valence-corrected chi connectivity index (χ3v) is 3.18. The van der Waals surface area contributed by atoms with Gasteiger partial charge in [0.2, 0.25) is 0 Å². The molecule has 1 aliphatic heterocycles. The molecule has 17 heavy (non-hydrogen) atoms. The molecular weight excluding hydrogens is 212 g/mol. The van der Waals surface area contributed by atoms with Gasteiger partial charge in [0, 0.05) is 13.1 Å². The van der Waals surface area contributed by atoms with Crippen LogP contribution in [-0.2, 0) is 0 Å². The molecule has 0 amide bonds. The van der Waals surface area contributed by atoms with Crippen LogP contribution in [0.5, 0.6) is 0 Å². The van der Waals surface area contributed by atoms with Gasteiger partial charge in [-0.05, 0) is 32.8 Å². The van der Waals surface area contributed by atoms with Crippen LogP contribution in [0.25, 0.3) is 0 Å². The van der Waals surface area contributed by atoms with E-state index in [0.29, 0.717) is 5.56 Å². The van der Waals surface area contributed by atoms with Crippen molar-refractivity contribution >= 4 is 5.82 Å². The zero-order valence-electron chi connectivity index (χ0n) is 10.5. The lowest BCUT2D eigenvalue weighted by molar-refractivity contribution is 0.759. The van der Waals surface area contributed by atoms with Gasteiger partial charge in [0.05, 0.1) is 5.69 Å². The summed E-state index contributed by atoms with van der Waals surface area (Å²) in [5, 5.41) is 17.6. The Hall–Kier alpha value is -1.89. The summed E-state index contributed by atoms with van der Waals surface area (Å²) in [7, 11) is 0. The second kappa shape index (κ2) is 4.54. The van der Waals surface area contributed by atoms with Crippen LogP contribution < -0.4 is 4.90 Å². The number of nitriles is 1. The van der Waals surface area contributed by atoms with Crippen LogP contribution in [0, 0.1) is 25.2 Å². The SMILES string of the molecule is CC1=CCCN(c2nnc(C)c(C)c2C#N)C1. The van der Waals surface area contributed by atoms with Crippen LogP contribution in [-0.4, -0.2) is 23.3 Å². The molecule has 1 aliphatic rings. The summed E-state index contributed by atoms with van der Waals surface area (Å²) < 4.78 is 0. The summed E-state index contributed by atoms with van der Waals surface area (Å²) >= 11 is 0. The van der Waals surface area contributed by atoms with Gasteiger partial charge in [0.25, 0.3) is 0 Å². The van der Waals surface area contributed by atoms with Crippen molar-refractivity contribution in [2.24, 2.45) is 0 Å². The molecule has 0 saturated heterocycles. The highest BCUT2D eigenvalue weighted by Gasteiger charge is 2.18. The molecular formula is C13H16N4. The van der Waals surface area contributed by atoms with Crippen LogP contribution in [0.1, 0.15) is 30.2 Å². The summed E-state index contributed by atoms with van der Waals surface area (Å²) in [4.78, 5) is 2.13. The second-order valence-electron chi connectivity index (χ2n) is 4.48. The standard InChI is InChI=1S/C13H16N4/c1-9-5-4-6-17(8-9)13-12(7-14)10(2)11(3)15-16-13/h5H,4,6,8H2,1-3H3. The molecule has 0 radical (unpaired) electrons. The summed E-state index contributed by atoms with van der Waals surface area (Å²) in [6, 6.07) is 2.25. The third kappa shape index (κ3) is 2.14. The van der Waals surface area contributed by atoms with Crippen molar-refractivity contribution in [3.8, 4) is 6.07 Å². The minimum absolute atomic E-state index is 0.659. The molecule has 2 rings (SSSR count). The van der Waals surface area contributed by atoms with Crippen molar-refractivity contribution in [2.45, 2.75) is 27.2 Å². The van der Waals surface area contributed by atoms with E-state index in [4.69, 9.17) is 0 Å². The minimum atomic E-state index is 0.659. The maximum Gasteiger partial charge on any atom is 0.169 e. The predicted octanol–water partition coefficient (Wildman–Crippen LogP) is 2.12. The van der Waals surface area contributed by atoms with E-state index >= 15 is 0 Å². The largest absolute Gasteiger partial charge is 0.350 e. The third-order valence-electron chi connectivity index (χ3n) is 3.18. The van der Waals surface area contributed by atoms with Crippen molar-refractivity contribution in [2.75, 3.05) is 18.0 Å². The molecule has 0 unspecified atom stereocenters. The molecule has 0 saturated carbocycles. The Bertz CT molecular complexity index is 511. The van der Waals surface area contributed by atoms with Crippen molar-refractivity contribution in [1.29, 1.82) is 5.26 Å². The topological polar surface area (TPSA) is 52.8 Å². The van der Waals surface area contributed by atoms with E-state index in [1.807, 2.05) is 13.8 Å². The number of aromatic nitrogens is 2. The van der Waals surface area contributed by atoms with Gasteiger partial charge in [0.1, 0.15) is 11.6 Å². The zero-order valence-corrected chi connectivity index (χ0v) is 10.5. The van der Waals surface area contributed by atoms with Crippen molar-refractivity contribution in [3.05, 3.63) is 28.5 Å². The van der Waals surface area contributed by atoms with E-state index in [-0.39, 0.29) is 0 Å². The Morgan fingerprint density at radius 1 is 1.29 bits per heavy atom. The Morgan fingerprint density at radius 3 is 2.71 bits per heavy atom. The van der Waals surface area contributed by atoms with Gasteiger partial charge in [-0.2, -0.15) is 10.4 Å². The van der Waals surface area contributed by atoms with Gasteiger partial charge in [-0.15, -0.1) is 5.10 Å². The van der Waals surface area contributed by atoms with E-state index in [1.165, 1.54) is 5.57 Å². The summed E-state index contributed by atoms with van der Waals surface area (Å²) in [6.45, 7) is 7.66. The van der Waals surface area contributed by atoms with Crippen LogP contribution in [0.15, 0.2) is 11.6 Å². The Balaban J connectivity index is 2.43. The molecule has 0 spiro atoms. The Labute approximate surface area is 102 Å². The molecule has 0 aliphatic carbocycles. The van der Waals surface area contributed by atoms with Gasteiger partial charge in [-0.1, -0.05) is 11.6 Å². The molecule has 0 atom stereocenters. The Morgan fingerprint density at radius 2 is 2.06 bits per heavy atom. The first kappa shape index (κ1) is 11.6. The van der Waals surface area contributed by atoms with E-state index in [2.05, 4.69) is 34.2 Å². The monoisotopic (exact) mass is 228 g/mol. The summed E-state index contributed by atoms with van der Waals surface area (Å²) in [6.07, 6.45) is 3.24. The Kier molecular flexibility index (Phi) is 3.10. The highest BCUT2D eigenvalue weighted by Crippen LogP contribution is 2.23. The molecule has 0 fully saturated rings. The van der Waals surface area contributed by atoms with E-state index < -0.39 is 0 Å². The molecule has 0 bridgehead atoms. The fourth-order valence-electron chi connectivity index (χ4n) is 2.04. The quantitative estimate of drug-likeness (QED) is 0.691. The van der Waals surface area contributed by atoms with Crippen LogP contribution in [0.4, 0.5) is 5.82 Å². The molecule has 1 aromatic rings. The number of hydrogen-bond acceptors (Lipinski definition) is 4. The van der Waals surface area contributed by atoms with E-state index in [1.54, 1.807) is 0 Å². The maximum atomic E-state index is 9.26. The van der Waals surface area contributed by atoms with Crippen LogP contribution in [0.3, 0.4) is 0 Å². The summed E-state index contributed by atoms with van der Waals surface area (Å²) in [5.41, 5.74) is 3.74. The lowest BCUT2D eigenvalue weighted by Gasteiger charge is -2.27. The first-order valence-corrected chi connectivity index (χ1v) is 5.78. The van der Waals surface area contributed by atoms with Crippen molar-refractivity contribution in [1.82, 2.24) is 10.2 Å². The van der Waals surface area contributed by atoms with E-state index in [9.17, 15) is 5.26 Å². The fraction of sp³-hybridized carbons (Fsp3) is 0.462. The molecule has 4 heteroatoms. The lowest BCUT2D eigenvalue weighted by Crippen LogP contribution is -2.31. The number of nitrogens with zero attached hydrogens (tertiary/aromatic N) is 4. The van der Waals surface area contributed by atoms with Gasteiger partial charge in [-0.3, -0.25) is 0 Å². The molecule has 0 aromatic carbocycles. The fourth-order valence-corrected chi connectivity index (χ4v) is 2.04. The van der Waals surface area contributed by atoms with Gasteiger partial charge < -0.3 is 4.90 Å². The van der Waals surface area contributed by atoms with Crippen LogP contribution >= 0.6 is 0 Å². The predicted molar refractivity (Wildman–Crippen MR) is 66.8 cm³/mol. The van der Waals surface area contributed by atoms with Crippen LogP contribution in [0.2, 0.25) is 0 Å². The maximum absolute atomic E-state index is 9.26. The smallest absolute Gasteiger partial charge is 0.169 e. The molecule has 2 heterocycles. The normalized spacial score (nSPS) is 15.4. The van der Waals surface area contributed by atoms with Crippen molar-refractivity contribution in [3.63, 3.8) is 0 Å². The molecule has 4 nitrogen and oxygen atoms in total. The van der Waals surface area contributed by atoms with Gasteiger partial charge >= 0.3 is 0 Å². The average molecular weight is 228 g/mol. The first-order valence-electron chi connectivity index (χ1n) is 5.78. The molecule has 0 N–H and O–H groups in total.